The lowest BCUT2D eigenvalue weighted by Crippen LogP contribution is -2.33. The van der Waals surface area contributed by atoms with Crippen LogP contribution in [0.1, 0.15) is 36.1 Å². The third kappa shape index (κ3) is 4.27. The van der Waals surface area contributed by atoms with Crippen LogP contribution in [-0.2, 0) is 17.8 Å². The molecule has 1 aliphatic heterocycles. The molecule has 1 amide bonds. The summed E-state index contributed by atoms with van der Waals surface area (Å²) in [4.78, 5) is 15.7. The third-order valence-electron chi connectivity index (χ3n) is 4.77. The highest BCUT2D eigenvalue weighted by atomic mass is 16.3. The first-order valence-electron chi connectivity index (χ1n) is 8.86. The van der Waals surface area contributed by atoms with Crippen molar-refractivity contribution in [3.63, 3.8) is 0 Å². The lowest BCUT2D eigenvalue weighted by molar-refractivity contribution is -0.116. The molecular formula is C21H26N2O2. The van der Waals surface area contributed by atoms with Crippen molar-refractivity contribution in [2.75, 3.05) is 25.0 Å². The van der Waals surface area contributed by atoms with Gasteiger partial charge >= 0.3 is 0 Å². The SMILES string of the molecule is CC(=O)N1CCCc2cc(C(O)CN(C)Cc3ccccc3)ccc21. The highest BCUT2D eigenvalue weighted by Crippen LogP contribution is 2.30. The summed E-state index contributed by atoms with van der Waals surface area (Å²) >= 11 is 0. The maximum Gasteiger partial charge on any atom is 0.223 e. The van der Waals surface area contributed by atoms with Gasteiger partial charge in [0.25, 0.3) is 0 Å². The third-order valence-corrected chi connectivity index (χ3v) is 4.77. The standard InChI is InChI=1S/C21H26N2O2/c1-16(24)23-12-6-9-18-13-19(10-11-20(18)23)21(25)15-22(2)14-17-7-4-3-5-8-17/h3-5,7-8,10-11,13,21,25H,6,9,12,14-15H2,1-2H3. The zero-order valence-corrected chi connectivity index (χ0v) is 15.0. The van der Waals surface area contributed by atoms with Gasteiger partial charge in [-0.25, -0.2) is 0 Å². The molecule has 0 aliphatic carbocycles. The Morgan fingerprint density at radius 3 is 2.72 bits per heavy atom. The van der Waals surface area contributed by atoms with E-state index in [4.69, 9.17) is 0 Å². The van der Waals surface area contributed by atoms with Crippen molar-refractivity contribution in [2.24, 2.45) is 0 Å². The van der Waals surface area contributed by atoms with Gasteiger partial charge in [-0.2, -0.15) is 0 Å². The van der Waals surface area contributed by atoms with Crippen LogP contribution in [-0.4, -0.2) is 36.1 Å². The Bertz CT molecular complexity index is 730. The van der Waals surface area contributed by atoms with Crippen molar-refractivity contribution in [3.05, 3.63) is 65.2 Å². The quantitative estimate of drug-likeness (QED) is 0.911. The molecule has 0 aromatic heterocycles. The average molecular weight is 338 g/mol. The van der Waals surface area contributed by atoms with Crippen LogP contribution in [0.25, 0.3) is 0 Å². The Balaban J connectivity index is 1.68. The van der Waals surface area contributed by atoms with Gasteiger partial charge in [-0.15, -0.1) is 0 Å². The number of hydrogen-bond donors (Lipinski definition) is 1. The minimum Gasteiger partial charge on any atom is -0.387 e. The fourth-order valence-corrected chi connectivity index (χ4v) is 3.51. The lowest BCUT2D eigenvalue weighted by Gasteiger charge is -2.29. The number of anilines is 1. The molecule has 1 N–H and O–H groups in total. The van der Waals surface area contributed by atoms with E-state index in [-0.39, 0.29) is 5.91 Å². The first-order valence-corrected chi connectivity index (χ1v) is 8.86. The largest absolute Gasteiger partial charge is 0.387 e. The smallest absolute Gasteiger partial charge is 0.223 e. The fraction of sp³-hybridized carbons (Fsp3) is 0.381. The molecule has 0 saturated carbocycles. The van der Waals surface area contributed by atoms with E-state index in [9.17, 15) is 9.90 Å². The van der Waals surface area contributed by atoms with E-state index in [1.165, 1.54) is 5.56 Å². The van der Waals surface area contributed by atoms with Crippen molar-refractivity contribution < 1.29 is 9.90 Å². The summed E-state index contributed by atoms with van der Waals surface area (Å²) in [6, 6.07) is 16.2. The Morgan fingerprint density at radius 2 is 2.00 bits per heavy atom. The summed E-state index contributed by atoms with van der Waals surface area (Å²) in [6.07, 6.45) is 1.39. The number of likely N-dealkylation sites (N-methyl/N-ethyl adjacent to an activating group) is 1. The zero-order chi connectivity index (χ0) is 17.8. The van der Waals surface area contributed by atoms with Crippen LogP contribution in [0.2, 0.25) is 0 Å². The van der Waals surface area contributed by atoms with Crippen LogP contribution in [0, 0.1) is 0 Å². The second kappa shape index (κ2) is 7.81. The van der Waals surface area contributed by atoms with Gasteiger partial charge in [0.15, 0.2) is 0 Å². The van der Waals surface area contributed by atoms with Crippen LogP contribution in [0.5, 0.6) is 0 Å². The van der Waals surface area contributed by atoms with Gasteiger partial charge in [0, 0.05) is 32.2 Å². The second-order valence-electron chi connectivity index (χ2n) is 6.86. The molecule has 25 heavy (non-hydrogen) atoms. The molecule has 4 heteroatoms. The van der Waals surface area contributed by atoms with E-state index in [0.717, 1.165) is 42.7 Å². The van der Waals surface area contributed by atoms with Crippen molar-refractivity contribution in [3.8, 4) is 0 Å². The first kappa shape index (κ1) is 17.6. The average Bonchev–Trinajstić information content (AvgIpc) is 2.61. The number of aliphatic hydroxyl groups is 1. The molecule has 2 aromatic rings. The number of carbonyl (C=O) groups excluding carboxylic acids is 1. The lowest BCUT2D eigenvalue weighted by atomic mass is 9.97. The molecule has 1 aliphatic rings. The molecule has 0 spiro atoms. The van der Waals surface area contributed by atoms with E-state index in [2.05, 4.69) is 23.1 Å². The van der Waals surface area contributed by atoms with Crippen LogP contribution < -0.4 is 4.90 Å². The molecule has 1 heterocycles. The van der Waals surface area contributed by atoms with Crippen molar-refractivity contribution >= 4 is 11.6 Å². The van der Waals surface area contributed by atoms with E-state index in [0.29, 0.717) is 6.54 Å². The molecule has 4 nitrogen and oxygen atoms in total. The molecular weight excluding hydrogens is 312 g/mol. The summed E-state index contributed by atoms with van der Waals surface area (Å²) in [6.45, 7) is 3.77. The number of amides is 1. The number of fused-ring (bicyclic) bond motifs is 1. The van der Waals surface area contributed by atoms with E-state index < -0.39 is 6.10 Å². The summed E-state index contributed by atoms with van der Waals surface area (Å²) in [5.74, 6) is 0.0804. The Morgan fingerprint density at radius 1 is 1.24 bits per heavy atom. The summed E-state index contributed by atoms with van der Waals surface area (Å²) in [5.41, 5.74) is 4.31. The summed E-state index contributed by atoms with van der Waals surface area (Å²) in [5, 5.41) is 10.6. The van der Waals surface area contributed by atoms with Crippen molar-refractivity contribution in [1.82, 2.24) is 4.90 Å². The number of aliphatic hydroxyl groups excluding tert-OH is 1. The molecule has 132 valence electrons. The van der Waals surface area contributed by atoms with E-state index in [1.807, 2.05) is 42.3 Å². The van der Waals surface area contributed by atoms with Gasteiger partial charge in [0.1, 0.15) is 0 Å². The summed E-state index contributed by atoms with van der Waals surface area (Å²) < 4.78 is 0. The predicted octanol–water partition coefficient (Wildman–Crippen LogP) is 3.15. The summed E-state index contributed by atoms with van der Waals surface area (Å²) in [7, 11) is 2.02. The first-order chi connectivity index (χ1) is 12.0. The zero-order valence-electron chi connectivity index (χ0n) is 15.0. The van der Waals surface area contributed by atoms with Crippen LogP contribution >= 0.6 is 0 Å². The molecule has 0 saturated heterocycles. The van der Waals surface area contributed by atoms with Gasteiger partial charge < -0.3 is 10.0 Å². The molecule has 2 aromatic carbocycles. The van der Waals surface area contributed by atoms with Crippen molar-refractivity contribution in [2.45, 2.75) is 32.4 Å². The Kier molecular flexibility index (Phi) is 5.51. The number of hydrogen-bond acceptors (Lipinski definition) is 3. The Hall–Kier alpha value is -2.17. The molecule has 1 atom stereocenters. The minimum atomic E-state index is -0.535. The number of carbonyl (C=O) groups is 1. The van der Waals surface area contributed by atoms with Gasteiger partial charge in [0.2, 0.25) is 5.91 Å². The topological polar surface area (TPSA) is 43.8 Å². The van der Waals surface area contributed by atoms with E-state index in [1.54, 1.807) is 6.92 Å². The normalized spacial score (nSPS) is 15.1. The van der Waals surface area contributed by atoms with Crippen LogP contribution in [0.4, 0.5) is 5.69 Å². The van der Waals surface area contributed by atoms with Gasteiger partial charge in [0.05, 0.1) is 6.10 Å². The van der Waals surface area contributed by atoms with Crippen molar-refractivity contribution in [1.29, 1.82) is 0 Å². The molecule has 0 bridgehead atoms. The van der Waals surface area contributed by atoms with E-state index >= 15 is 0 Å². The van der Waals surface area contributed by atoms with Crippen LogP contribution in [0.15, 0.2) is 48.5 Å². The maximum absolute atomic E-state index is 11.8. The second-order valence-corrected chi connectivity index (χ2v) is 6.86. The monoisotopic (exact) mass is 338 g/mol. The number of benzene rings is 2. The number of aryl methyl sites for hydroxylation is 1. The minimum absolute atomic E-state index is 0.0804. The molecule has 1 unspecified atom stereocenters. The van der Waals surface area contributed by atoms with Gasteiger partial charge in [-0.1, -0.05) is 42.5 Å². The number of nitrogens with zero attached hydrogens (tertiary/aromatic N) is 2. The molecule has 0 radical (unpaired) electrons. The highest BCUT2D eigenvalue weighted by Gasteiger charge is 2.21. The molecule has 3 rings (SSSR count). The highest BCUT2D eigenvalue weighted by molar-refractivity contribution is 5.92. The predicted molar refractivity (Wildman–Crippen MR) is 101 cm³/mol. The maximum atomic E-state index is 11.8. The molecule has 0 fully saturated rings. The number of rotatable bonds is 5. The van der Waals surface area contributed by atoms with Gasteiger partial charge in [-0.3, -0.25) is 9.69 Å². The Labute approximate surface area is 149 Å². The fourth-order valence-electron chi connectivity index (χ4n) is 3.51. The van der Waals surface area contributed by atoms with Crippen LogP contribution in [0.3, 0.4) is 0 Å². The van der Waals surface area contributed by atoms with Gasteiger partial charge in [-0.05, 0) is 42.6 Å².